The third-order valence-corrected chi connectivity index (χ3v) is 20.3. The highest BCUT2D eigenvalue weighted by Crippen LogP contribution is 2.65. The lowest BCUT2D eigenvalue weighted by Crippen LogP contribution is -2.39. The van der Waals surface area contributed by atoms with Gasteiger partial charge >= 0.3 is 0 Å². The van der Waals surface area contributed by atoms with Gasteiger partial charge in [-0.3, -0.25) is 0 Å². The Morgan fingerprint density at radius 1 is 0.237 bits per heavy atom. The van der Waals surface area contributed by atoms with Crippen molar-refractivity contribution in [2.45, 2.75) is 10.8 Å². The normalized spacial score (nSPS) is 13.3. The molecule has 4 heteroatoms. The van der Waals surface area contributed by atoms with E-state index in [0.717, 1.165) is 151 Å². The van der Waals surface area contributed by atoms with E-state index in [1.807, 2.05) is 0 Å². The van der Waals surface area contributed by atoms with Crippen LogP contribution in [0, 0.1) is 11.3 Å². The second-order valence-electron chi connectivity index (χ2n) is 25.2. The second kappa shape index (κ2) is 23.3. The Morgan fingerprint density at radius 2 is 0.495 bits per heavy atom. The Balaban J connectivity index is 1.08. The molecule has 0 aliphatic carbocycles. The third kappa shape index (κ3) is 8.69. The van der Waals surface area contributed by atoms with E-state index < -0.39 is 10.8 Å². The maximum atomic E-state index is 13.4. The van der Waals surface area contributed by atoms with Crippen LogP contribution < -0.4 is 9.80 Å². The first kappa shape index (κ1) is 56.9. The smallest absolute Gasteiger partial charge is 0.104 e. The highest BCUT2D eigenvalue weighted by atomic mass is 15.2. The van der Waals surface area contributed by atoms with E-state index >= 15 is 0 Å². The Bertz CT molecular complexity index is 5170. The molecule has 16 aromatic rings. The number of aromatic nitrogens is 1. The first-order chi connectivity index (χ1) is 48.2. The van der Waals surface area contributed by atoms with Crippen LogP contribution in [-0.4, -0.2) is 4.57 Å². The van der Waals surface area contributed by atoms with Gasteiger partial charge in [0.25, 0.3) is 0 Å². The van der Waals surface area contributed by atoms with Gasteiger partial charge in [-0.25, -0.2) is 0 Å². The molecule has 97 heavy (non-hydrogen) atoms. The van der Waals surface area contributed by atoms with E-state index in [-0.39, 0.29) is 0 Å². The predicted octanol–water partition coefficient (Wildman–Crippen LogP) is 23.7. The number of hydrogen-bond donors (Lipinski definition) is 0. The second-order valence-corrected chi connectivity index (χ2v) is 25.2. The molecule has 0 saturated heterocycles. The van der Waals surface area contributed by atoms with Gasteiger partial charge in [0.1, 0.15) is 11.6 Å². The van der Waals surface area contributed by atoms with Crippen molar-refractivity contribution in [1.29, 1.82) is 5.26 Å². The highest BCUT2D eigenvalue weighted by molar-refractivity contribution is 6.17. The van der Waals surface area contributed by atoms with Crippen LogP contribution in [0.5, 0.6) is 0 Å². The topological polar surface area (TPSA) is 35.2 Å². The molecule has 2 aliphatic rings. The zero-order valence-electron chi connectivity index (χ0n) is 53.1. The van der Waals surface area contributed by atoms with Gasteiger partial charge < -0.3 is 14.4 Å². The molecule has 0 amide bonds. The summed E-state index contributed by atoms with van der Waals surface area (Å²) in [5.41, 5.74) is 24.4. The molecule has 454 valence electrons. The van der Waals surface area contributed by atoms with Gasteiger partial charge in [0.2, 0.25) is 0 Å². The fourth-order valence-electron chi connectivity index (χ4n) is 16.4. The predicted molar refractivity (Wildman–Crippen MR) is 400 cm³/mol. The van der Waals surface area contributed by atoms with E-state index in [4.69, 9.17) is 0 Å². The minimum absolute atomic E-state index is 0.507. The molecule has 4 nitrogen and oxygen atoms in total. The van der Waals surface area contributed by atoms with Crippen LogP contribution in [0.25, 0.3) is 72.0 Å². The number of nitrogens with zero attached hydrogens (tertiary/aromatic N) is 4. The van der Waals surface area contributed by atoms with Crippen molar-refractivity contribution in [1.82, 2.24) is 4.57 Å². The SMILES string of the molecule is N#Cc1c(N2c3ccccc3C(c3ccccc3)(c3ccccc3)c3ccccc32)c(-c2ccccc2)c(-n2c3ccc(-c4ccccc4)cc3c3cc(-c4ccccc4)ccc32)c(-c2ccccc2)c1N1c2ccccc2C(c2ccccc2)(c2ccccc2)c2ccccc21. The molecule has 0 radical (unpaired) electrons. The molecule has 0 spiro atoms. The number of anilines is 6. The Morgan fingerprint density at radius 3 is 0.784 bits per heavy atom. The van der Waals surface area contributed by atoms with Gasteiger partial charge in [0, 0.05) is 21.9 Å². The molecule has 18 rings (SSSR count). The van der Waals surface area contributed by atoms with Crippen molar-refractivity contribution in [3.63, 3.8) is 0 Å². The summed E-state index contributed by atoms with van der Waals surface area (Å²) in [6.45, 7) is 0. The summed E-state index contributed by atoms with van der Waals surface area (Å²) in [7, 11) is 0. The van der Waals surface area contributed by atoms with Crippen molar-refractivity contribution in [2.75, 3.05) is 9.80 Å². The summed E-state index contributed by atoms with van der Waals surface area (Å²) in [5.74, 6) is 0. The monoisotopic (exact) mass is 1230 g/mol. The van der Waals surface area contributed by atoms with Crippen LogP contribution >= 0.6 is 0 Å². The van der Waals surface area contributed by atoms with Crippen LogP contribution in [0.2, 0.25) is 0 Å². The number of para-hydroxylation sites is 4. The quantitative estimate of drug-likeness (QED) is 0.129. The summed E-state index contributed by atoms with van der Waals surface area (Å²) in [6, 6.07) is 140. The minimum Gasteiger partial charge on any atom is -0.308 e. The Labute approximate surface area is 565 Å². The van der Waals surface area contributed by atoms with Crippen LogP contribution in [0.1, 0.15) is 50.1 Å². The maximum Gasteiger partial charge on any atom is 0.104 e. The summed E-state index contributed by atoms with van der Waals surface area (Å²) >= 11 is 0. The Kier molecular flexibility index (Phi) is 13.7. The van der Waals surface area contributed by atoms with Gasteiger partial charge in [-0.15, -0.1) is 0 Å². The fraction of sp³-hybridized carbons (Fsp3) is 0.0215. The van der Waals surface area contributed by atoms with Gasteiger partial charge in [-0.1, -0.05) is 328 Å². The molecule has 0 saturated carbocycles. The summed E-state index contributed by atoms with van der Waals surface area (Å²) in [4.78, 5) is 4.93. The molecule has 3 heterocycles. The van der Waals surface area contributed by atoms with Crippen molar-refractivity contribution in [3.05, 3.63) is 426 Å². The van der Waals surface area contributed by atoms with Crippen LogP contribution in [0.3, 0.4) is 0 Å². The fourth-order valence-corrected chi connectivity index (χ4v) is 16.4. The molecule has 15 aromatic carbocycles. The zero-order chi connectivity index (χ0) is 64.4. The van der Waals surface area contributed by atoms with Crippen LogP contribution in [0.4, 0.5) is 34.1 Å². The third-order valence-electron chi connectivity index (χ3n) is 20.3. The molecule has 1 aromatic heterocycles. The summed E-state index contributed by atoms with van der Waals surface area (Å²) in [6.07, 6.45) is 0. The molecule has 0 atom stereocenters. The number of fused-ring (bicyclic) bond motifs is 7. The molecule has 0 N–H and O–H groups in total. The number of rotatable bonds is 11. The molecule has 0 unspecified atom stereocenters. The summed E-state index contributed by atoms with van der Waals surface area (Å²) in [5, 5.41) is 15.7. The highest BCUT2D eigenvalue weighted by Gasteiger charge is 2.51. The first-order valence-corrected chi connectivity index (χ1v) is 33.3. The largest absolute Gasteiger partial charge is 0.308 e. The molecule has 0 fully saturated rings. The van der Waals surface area contributed by atoms with E-state index in [0.29, 0.717) is 5.56 Å². The van der Waals surface area contributed by atoms with E-state index in [9.17, 15) is 5.26 Å². The van der Waals surface area contributed by atoms with Crippen LogP contribution in [0.15, 0.2) is 376 Å². The number of nitriles is 1. The maximum absolute atomic E-state index is 13.4. The lowest BCUT2D eigenvalue weighted by molar-refractivity contribution is 0.730. The summed E-state index contributed by atoms with van der Waals surface area (Å²) < 4.78 is 2.55. The van der Waals surface area contributed by atoms with Crippen LogP contribution in [-0.2, 0) is 10.8 Å². The van der Waals surface area contributed by atoms with Crippen molar-refractivity contribution in [3.8, 4) is 56.3 Å². The van der Waals surface area contributed by atoms with Gasteiger partial charge in [0.15, 0.2) is 0 Å². The average Bonchev–Trinajstić information content (AvgIpc) is 1.22. The van der Waals surface area contributed by atoms with E-state index in [2.05, 4.69) is 397 Å². The standard InChI is InChI=1S/C93H62N4/c94-63-76-89(96-83-53-29-25-49-77(83)92(70-41-17-5-18-42-70,71-43-19-6-20-44-71)78-50-26-30-54-84(78)96)87(66-37-13-3-14-38-66)91(95-81-59-57-68(64-33-9-1-10-34-64)61-74(81)75-62-69(58-60-82(75)95)65-35-11-2-12-36-65)88(67-39-15-4-16-40-67)90(76)97-85-55-31-27-51-79(85)93(72-45-21-7-22-46-72,73-47-23-8-24-48-73)80-52-28-32-56-86(80)97/h1-62H. The van der Waals surface area contributed by atoms with Gasteiger partial charge in [-0.2, -0.15) is 5.26 Å². The van der Waals surface area contributed by atoms with Gasteiger partial charge in [0.05, 0.1) is 61.7 Å². The molecule has 2 aliphatic heterocycles. The molecule has 0 bridgehead atoms. The van der Waals surface area contributed by atoms with Crippen molar-refractivity contribution < 1.29 is 0 Å². The van der Waals surface area contributed by atoms with Crippen molar-refractivity contribution >= 4 is 55.9 Å². The first-order valence-electron chi connectivity index (χ1n) is 33.3. The molecular formula is C93H62N4. The van der Waals surface area contributed by atoms with E-state index in [1.165, 1.54) is 0 Å². The zero-order valence-corrected chi connectivity index (χ0v) is 53.1. The minimum atomic E-state index is -0.801. The van der Waals surface area contributed by atoms with E-state index in [1.54, 1.807) is 0 Å². The van der Waals surface area contributed by atoms with Crippen molar-refractivity contribution in [2.24, 2.45) is 0 Å². The lowest BCUT2D eigenvalue weighted by Gasteiger charge is -2.48. The van der Waals surface area contributed by atoms with Gasteiger partial charge in [-0.05, 0) is 126 Å². The lowest BCUT2D eigenvalue weighted by atomic mass is 9.62. The molecular weight excluding hydrogens is 1170 g/mol. The number of benzene rings is 15. The Hall–Kier alpha value is -12.8. The average molecular weight is 1240 g/mol. The number of hydrogen-bond acceptors (Lipinski definition) is 3.